The van der Waals surface area contributed by atoms with Crippen LogP contribution < -0.4 is 10.4 Å². The molecule has 2 aliphatic rings. The molecule has 2 aliphatic heterocycles. The van der Waals surface area contributed by atoms with Gasteiger partial charge in [-0.3, -0.25) is 9.69 Å². The molecule has 0 aliphatic carbocycles. The maximum absolute atomic E-state index is 12.6. The molecule has 1 amide bonds. The standard InChI is InChI=1S/C21H23NO5S/c1-12-14(11-28-20-18(19(24)22(12)20)27-21(2,3)4)10-25-15-7-5-13-6-8-17(23)26-16(13)9-15/h5-9,18,20H,10-11H2,1-4H3/t18-,20+/m0/s1. The molecule has 148 valence electrons. The lowest BCUT2D eigenvalue weighted by molar-refractivity contribution is -0.175. The van der Waals surface area contributed by atoms with Crippen LogP contribution in [0.15, 0.2) is 50.8 Å². The number of benzene rings is 1. The number of β-lactam (4-membered cyclic amide) rings is 1. The first kappa shape index (κ1) is 19.1. The Balaban J connectivity index is 1.46. The van der Waals surface area contributed by atoms with Gasteiger partial charge in [-0.1, -0.05) is 0 Å². The van der Waals surface area contributed by atoms with E-state index in [2.05, 4.69) is 0 Å². The Hall–Kier alpha value is -2.25. The molecule has 1 fully saturated rings. The van der Waals surface area contributed by atoms with Gasteiger partial charge in [0.1, 0.15) is 23.3 Å². The van der Waals surface area contributed by atoms with E-state index >= 15 is 0 Å². The molecule has 0 bridgehead atoms. The Morgan fingerprint density at radius 2 is 1.96 bits per heavy atom. The number of nitrogens with zero attached hydrogens (tertiary/aromatic N) is 1. The van der Waals surface area contributed by atoms with Gasteiger partial charge in [-0.05, 0) is 51.5 Å². The van der Waals surface area contributed by atoms with Crippen molar-refractivity contribution in [2.75, 3.05) is 12.4 Å². The lowest BCUT2D eigenvalue weighted by Crippen LogP contribution is -2.66. The van der Waals surface area contributed by atoms with Crippen molar-refractivity contribution in [1.82, 2.24) is 4.90 Å². The van der Waals surface area contributed by atoms with Crippen molar-refractivity contribution in [2.45, 2.75) is 44.8 Å². The smallest absolute Gasteiger partial charge is 0.336 e. The molecule has 7 heteroatoms. The van der Waals surface area contributed by atoms with Gasteiger partial charge in [0.05, 0.1) is 5.60 Å². The topological polar surface area (TPSA) is 69.0 Å². The van der Waals surface area contributed by atoms with Gasteiger partial charge in [0, 0.05) is 29.0 Å². The van der Waals surface area contributed by atoms with Gasteiger partial charge in [0.15, 0.2) is 6.10 Å². The van der Waals surface area contributed by atoms with E-state index in [0.29, 0.717) is 17.9 Å². The molecule has 28 heavy (non-hydrogen) atoms. The molecule has 2 atom stereocenters. The van der Waals surface area contributed by atoms with E-state index in [4.69, 9.17) is 13.9 Å². The zero-order chi connectivity index (χ0) is 20.1. The van der Waals surface area contributed by atoms with Crippen molar-refractivity contribution in [3.8, 4) is 5.75 Å². The van der Waals surface area contributed by atoms with Gasteiger partial charge in [0.2, 0.25) is 0 Å². The van der Waals surface area contributed by atoms with Crippen molar-refractivity contribution >= 4 is 28.6 Å². The van der Waals surface area contributed by atoms with Crippen LogP contribution in [-0.2, 0) is 9.53 Å². The van der Waals surface area contributed by atoms with Crippen molar-refractivity contribution in [2.24, 2.45) is 0 Å². The largest absolute Gasteiger partial charge is 0.489 e. The third kappa shape index (κ3) is 3.56. The predicted octanol–water partition coefficient (Wildman–Crippen LogP) is 3.54. The summed E-state index contributed by atoms with van der Waals surface area (Å²) in [6.45, 7) is 8.22. The zero-order valence-electron chi connectivity index (χ0n) is 16.4. The summed E-state index contributed by atoms with van der Waals surface area (Å²) in [7, 11) is 0. The van der Waals surface area contributed by atoms with E-state index < -0.39 is 0 Å². The van der Waals surface area contributed by atoms with Crippen molar-refractivity contribution in [3.05, 3.63) is 52.0 Å². The van der Waals surface area contributed by atoms with Gasteiger partial charge in [-0.25, -0.2) is 4.79 Å². The van der Waals surface area contributed by atoms with E-state index in [9.17, 15) is 9.59 Å². The summed E-state index contributed by atoms with van der Waals surface area (Å²) in [5.41, 5.74) is 1.77. The first-order valence-electron chi connectivity index (χ1n) is 9.21. The van der Waals surface area contributed by atoms with E-state index in [1.165, 1.54) is 6.07 Å². The highest BCUT2D eigenvalue weighted by molar-refractivity contribution is 8.00. The number of thioether (sulfide) groups is 1. The molecule has 2 aromatic rings. The zero-order valence-corrected chi connectivity index (χ0v) is 17.2. The number of rotatable bonds is 4. The summed E-state index contributed by atoms with van der Waals surface area (Å²) in [6.07, 6.45) is -0.384. The molecular formula is C21H23NO5S. The maximum atomic E-state index is 12.6. The van der Waals surface area contributed by atoms with Crippen LogP contribution in [-0.4, -0.2) is 40.2 Å². The molecule has 1 aromatic carbocycles. The molecule has 1 aromatic heterocycles. The molecular weight excluding hydrogens is 378 g/mol. The normalized spacial score (nSPS) is 22.3. The SMILES string of the molecule is CC1=C(COc2ccc3ccc(=O)oc3c2)CS[C@@H]2[C@@H](OC(C)(C)C)C(=O)N12. The average molecular weight is 401 g/mol. The number of hydrogen-bond donors (Lipinski definition) is 0. The molecule has 0 saturated carbocycles. The van der Waals surface area contributed by atoms with Crippen molar-refractivity contribution in [3.63, 3.8) is 0 Å². The number of amides is 1. The fraction of sp³-hybridized carbons (Fsp3) is 0.429. The third-order valence-electron chi connectivity index (χ3n) is 4.78. The lowest BCUT2D eigenvalue weighted by Gasteiger charge is -2.51. The number of carbonyl (C=O) groups is 1. The highest BCUT2D eigenvalue weighted by atomic mass is 32.2. The first-order chi connectivity index (χ1) is 13.2. The second kappa shape index (κ2) is 6.97. The van der Waals surface area contributed by atoms with Crippen LogP contribution in [0, 0.1) is 0 Å². The highest BCUT2D eigenvalue weighted by Crippen LogP contribution is 2.42. The van der Waals surface area contributed by atoms with Crippen LogP contribution >= 0.6 is 11.8 Å². The average Bonchev–Trinajstić information content (AvgIpc) is 2.63. The molecule has 1 saturated heterocycles. The van der Waals surface area contributed by atoms with Crippen molar-refractivity contribution in [1.29, 1.82) is 0 Å². The van der Waals surface area contributed by atoms with Gasteiger partial charge >= 0.3 is 5.63 Å². The van der Waals surface area contributed by atoms with Gasteiger partial charge in [0.25, 0.3) is 5.91 Å². The first-order valence-corrected chi connectivity index (χ1v) is 10.3. The minimum Gasteiger partial charge on any atom is -0.489 e. The fourth-order valence-electron chi connectivity index (χ4n) is 3.35. The monoisotopic (exact) mass is 401 g/mol. The van der Waals surface area contributed by atoms with Crippen LogP contribution in [0.1, 0.15) is 27.7 Å². The van der Waals surface area contributed by atoms with E-state index in [-0.39, 0.29) is 28.6 Å². The molecule has 4 rings (SSSR count). The Bertz CT molecular complexity index is 1020. The minimum atomic E-state index is -0.388. The summed E-state index contributed by atoms with van der Waals surface area (Å²) in [5, 5.41) is 0.875. The minimum absolute atomic E-state index is 0.00889. The predicted molar refractivity (Wildman–Crippen MR) is 108 cm³/mol. The Labute approximate surface area is 167 Å². The Morgan fingerprint density at radius 1 is 1.21 bits per heavy atom. The maximum Gasteiger partial charge on any atom is 0.336 e. The summed E-state index contributed by atoms with van der Waals surface area (Å²) >= 11 is 1.70. The van der Waals surface area contributed by atoms with E-state index in [1.807, 2.05) is 44.7 Å². The molecule has 3 heterocycles. The van der Waals surface area contributed by atoms with Gasteiger partial charge in [-0.15, -0.1) is 11.8 Å². The number of carbonyl (C=O) groups excluding carboxylic acids is 1. The Morgan fingerprint density at radius 3 is 2.71 bits per heavy atom. The number of fused-ring (bicyclic) bond motifs is 2. The summed E-state index contributed by atoms with van der Waals surface area (Å²) in [4.78, 5) is 25.8. The molecule has 0 unspecified atom stereocenters. The quantitative estimate of drug-likeness (QED) is 0.577. The van der Waals surface area contributed by atoms with Crippen molar-refractivity contribution < 1.29 is 18.7 Å². The second-order valence-corrected chi connectivity index (χ2v) is 9.10. The van der Waals surface area contributed by atoms with Crippen LogP contribution in [0.25, 0.3) is 11.0 Å². The van der Waals surface area contributed by atoms with Crippen LogP contribution in [0.4, 0.5) is 0 Å². The summed E-state index contributed by atoms with van der Waals surface area (Å²) in [6, 6.07) is 8.54. The number of allylic oxidation sites excluding steroid dienone is 1. The van der Waals surface area contributed by atoms with E-state index in [1.54, 1.807) is 23.9 Å². The van der Waals surface area contributed by atoms with Crippen LogP contribution in [0.5, 0.6) is 5.75 Å². The van der Waals surface area contributed by atoms with Gasteiger partial charge < -0.3 is 13.9 Å². The summed E-state index contributed by atoms with van der Waals surface area (Å²) in [5.74, 6) is 1.42. The second-order valence-electron chi connectivity index (χ2n) is 7.99. The van der Waals surface area contributed by atoms with E-state index in [0.717, 1.165) is 22.4 Å². The summed E-state index contributed by atoms with van der Waals surface area (Å²) < 4.78 is 17.0. The fourth-order valence-corrected chi connectivity index (χ4v) is 4.78. The van der Waals surface area contributed by atoms with Crippen LogP contribution in [0.2, 0.25) is 0 Å². The molecule has 0 N–H and O–H groups in total. The molecule has 0 spiro atoms. The Kier molecular flexibility index (Phi) is 4.75. The molecule has 0 radical (unpaired) electrons. The molecule has 6 nitrogen and oxygen atoms in total. The third-order valence-corrected chi connectivity index (χ3v) is 6.10. The highest BCUT2D eigenvalue weighted by Gasteiger charge is 2.52. The lowest BCUT2D eigenvalue weighted by atomic mass is 10.0. The number of ether oxygens (including phenoxy) is 2. The number of hydrogen-bond acceptors (Lipinski definition) is 6. The van der Waals surface area contributed by atoms with Gasteiger partial charge in [-0.2, -0.15) is 0 Å². The van der Waals surface area contributed by atoms with Crippen LogP contribution in [0.3, 0.4) is 0 Å².